The average Bonchev–Trinajstić information content (AvgIpc) is 2.35. The van der Waals surface area contributed by atoms with Crippen molar-refractivity contribution in [3.8, 4) is 11.8 Å². The van der Waals surface area contributed by atoms with Gasteiger partial charge in [-0.15, -0.1) is 0 Å². The van der Waals surface area contributed by atoms with Gasteiger partial charge in [0.1, 0.15) is 5.82 Å². The first-order valence-corrected chi connectivity index (χ1v) is 7.43. The smallest absolute Gasteiger partial charge is 0.323 e. The molecule has 108 valence electrons. The van der Waals surface area contributed by atoms with E-state index in [1.807, 2.05) is 0 Å². The monoisotopic (exact) mass is 297 g/mol. The molecule has 0 bridgehead atoms. The van der Waals surface area contributed by atoms with Crippen molar-refractivity contribution in [3.05, 3.63) is 23.9 Å². The normalized spacial score (nSPS) is 10.3. The number of ether oxygens (including phenoxy) is 1. The van der Waals surface area contributed by atoms with E-state index in [9.17, 15) is 13.2 Å². The van der Waals surface area contributed by atoms with Gasteiger partial charge >= 0.3 is 5.97 Å². The largest absolute Gasteiger partial charge is 0.465 e. The summed E-state index contributed by atoms with van der Waals surface area (Å²) in [4.78, 5) is 15.0. The van der Waals surface area contributed by atoms with Crippen molar-refractivity contribution in [2.45, 2.75) is 6.92 Å². The number of nitrogens with two attached hydrogens (primary N) is 1. The highest BCUT2D eigenvalue weighted by Crippen LogP contribution is 2.08. The zero-order valence-corrected chi connectivity index (χ0v) is 11.7. The Bertz CT molecular complexity index is 632. The van der Waals surface area contributed by atoms with Gasteiger partial charge in [-0.05, 0) is 19.1 Å². The zero-order valence-electron chi connectivity index (χ0n) is 10.9. The van der Waals surface area contributed by atoms with Crippen LogP contribution in [0.4, 0.5) is 5.82 Å². The van der Waals surface area contributed by atoms with Gasteiger partial charge in [0, 0.05) is 11.8 Å². The molecule has 1 rings (SSSR count). The molecule has 20 heavy (non-hydrogen) atoms. The van der Waals surface area contributed by atoms with E-state index < -0.39 is 21.7 Å². The Hall–Kier alpha value is -2.11. The predicted octanol–water partition coefficient (Wildman–Crippen LogP) is -0.303. The predicted molar refractivity (Wildman–Crippen MR) is 74.2 cm³/mol. The fourth-order valence-corrected chi connectivity index (χ4v) is 2.17. The minimum Gasteiger partial charge on any atom is -0.465 e. The van der Waals surface area contributed by atoms with E-state index in [0.717, 1.165) is 0 Å². The highest BCUT2D eigenvalue weighted by Gasteiger charge is 2.17. The molecule has 3 N–H and O–H groups in total. The summed E-state index contributed by atoms with van der Waals surface area (Å²) in [6, 6.07) is 3.07. The highest BCUT2D eigenvalue weighted by molar-refractivity contribution is 7.93. The molecule has 0 radical (unpaired) electrons. The van der Waals surface area contributed by atoms with Crippen LogP contribution in [0.1, 0.15) is 12.5 Å². The number of pyridine rings is 1. The Kier molecular flexibility index (Phi) is 5.96. The number of carbonyl (C=O) groups is 1. The second kappa shape index (κ2) is 7.47. The summed E-state index contributed by atoms with van der Waals surface area (Å²) in [5.41, 5.74) is 5.82. The van der Waals surface area contributed by atoms with Crippen molar-refractivity contribution < 1.29 is 17.9 Å². The van der Waals surface area contributed by atoms with Gasteiger partial charge in [0.15, 0.2) is 5.75 Å². The minimum absolute atomic E-state index is 0.0816. The van der Waals surface area contributed by atoms with Crippen LogP contribution in [0.5, 0.6) is 0 Å². The number of nitrogens with zero attached hydrogens (tertiary/aromatic N) is 1. The van der Waals surface area contributed by atoms with E-state index in [-0.39, 0.29) is 19.0 Å². The van der Waals surface area contributed by atoms with Crippen molar-refractivity contribution in [1.29, 1.82) is 0 Å². The van der Waals surface area contributed by atoms with Crippen molar-refractivity contribution in [1.82, 2.24) is 4.98 Å². The molecule has 0 spiro atoms. The molecule has 0 aromatic carbocycles. The number of hydrogen-bond donors (Lipinski definition) is 2. The lowest BCUT2D eigenvalue weighted by atomic mass is 10.2. The number of rotatable bonds is 5. The maximum absolute atomic E-state index is 11.7. The maximum Gasteiger partial charge on any atom is 0.323 e. The van der Waals surface area contributed by atoms with Crippen LogP contribution in [0.3, 0.4) is 0 Å². The molecule has 0 aliphatic carbocycles. The second-order valence-corrected chi connectivity index (χ2v) is 5.32. The van der Waals surface area contributed by atoms with Gasteiger partial charge in [-0.2, -0.15) is 0 Å². The fraction of sp³-hybridized carbons (Fsp3) is 0.333. The Balaban J connectivity index is 2.79. The van der Waals surface area contributed by atoms with Gasteiger partial charge in [-0.25, -0.2) is 13.4 Å². The Morgan fingerprint density at radius 2 is 2.30 bits per heavy atom. The fourth-order valence-electron chi connectivity index (χ4n) is 1.27. The maximum atomic E-state index is 11.7. The van der Waals surface area contributed by atoms with E-state index in [1.54, 1.807) is 13.0 Å². The van der Waals surface area contributed by atoms with Crippen LogP contribution < -0.4 is 10.5 Å². The number of nitrogens with one attached hydrogen (secondary N) is 1. The van der Waals surface area contributed by atoms with Gasteiger partial charge < -0.3 is 10.5 Å². The molecule has 1 aromatic rings. The first-order chi connectivity index (χ1) is 9.46. The number of hydrogen-bond acceptors (Lipinski definition) is 6. The van der Waals surface area contributed by atoms with E-state index >= 15 is 0 Å². The highest BCUT2D eigenvalue weighted by atomic mass is 32.2. The molecule has 0 saturated carbocycles. The molecule has 7 nitrogen and oxygen atoms in total. The molecule has 0 unspecified atom stereocenters. The van der Waals surface area contributed by atoms with E-state index in [4.69, 9.17) is 5.73 Å². The minimum atomic E-state index is -3.85. The van der Waals surface area contributed by atoms with Crippen LogP contribution in [-0.2, 0) is 19.6 Å². The first kappa shape index (κ1) is 15.9. The molecule has 8 heteroatoms. The molecule has 0 atom stereocenters. The molecular formula is C12H15N3O4S. The van der Waals surface area contributed by atoms with Crippen molar-refractivity contribution in [3.63, 3.8) is 0 Å². The quantitative estimate of drug-likeness (QED) is 0.570. The van der Waals surface area contributed by atoms with Crippen LogP contribution in [0.2, 0.25) is 0 Å². The van der Waals surface area contributed by atoms with Crippen LogP contribution >= 0.6 is 0 Å². The molecule has 0 saturated heterocycles. The van der Waals surface area contributed by atoms with Crippen molar-refractivity contribution in [2.75, 3.05) is 23.6 Å². The zero-order chi connectivity index (χ0) is 15.0. The van der Waals surface area contributed by atoms with Crippen LogP contribution in [0, 0.1) is 11.8 Å². The summed E-state index contributed by atoms with van der Waals surface area (Å²) < 4.78 is 30.2. The summed E-state index contributed by atoms with van der Waals surface area (Å²) in [5.74, 6) is 3.89. The number of sulfonamides is 1. The lowest BCUT2D eigenvalue weighted by molar-refractivity contribution is -0.139. The topological polar surface area (TPSA) is 111 Å². The lowest BCUT2D eigenvalue weighted by Crippen LogP contribution is -2.24. The first-order valence-electron chi connectivity index (χ1n) is 5.78. The van der Waals surface area contributed by atoms with E-state index in [2.05, 4.69) is 26.3 Å². The summed E-state index contributed by atoms with van der Waals surface area (Å²) in [5, 5.41) is 0. The lowest BCUT2D eigenvalue weighted by Gasteiger charge is -2.06. The van der Waals surface area contributed by atoms with E-state index in [1.165, 1.54) is 12.3 Å². The Morgan fingerprint density at radius 1 is 1.55 bits per heavy atom. The van der Waals surface area contributed by atoms with Gasteiger partial charge in [-0.1, -0.05) is 11.8 Å². The van der Waals surface area contributed by atoms with Crippen molar-refractivity contribution in [2.24, 2.45) is 5.73 Å². The van der Waals surface area contributed by atoms with Gasteiger partial charge in [0.2, 0.25) is 10.0 Å². The van der Waals surface area contributed by atoms with Gasteiger partial charge in [0.05, 0.1) is 13.2 Å². The summed E-state index contributed by atoms with van der Waals surface area (Å²) in [6.45, 7) is 1.92. The standard InChI is InChI=1S/C12H15N3O4S/c1-2-19-12(16)9-20(17,18)15-11-8-10(4-3-6-13)5-7-14-11/h5,7-8H,2,6,9,13H2,1H3,(H,14,15). The molecule has 1 aromatic heterocycles. The van der Waals surface area contributed by atoms with Crippen LogP contribution in [0.25, 0.3) is 0 Å². The van der Waals surface area contributed by atoms with E-state index in [0.29, 0.717) is 5.56 Å². The third-order valence-electron chi connectivity index (χ3n) is 1.97. The number of aromatic nitrogens is 1. The molecular weight excluding hydrogens is 282 g/mol. The molecule has 0 aliphatic heterocycles. The second-order valence-electron chi connectivity index (χ2n) is 3.60. The summed E-state index contributed by atoms with van der Waals surface area (Å²) in [7, 11) is -3.85. The number of esters is 1. The van der Waals surface area contributed by atoms with Crippen LogP contribution in [-0.4, -0.2) is 38.3 Å². The third-order valence-corrected chi connectivity index (χ3v) is 3.10. The third kappa shape index (κ3) is 5.69. The van der Waals surface area contributed by atoms with Gasteiger partial charge in [-0.3, -0.25) is 9.52 Å². The summed E-state index contributed by atoms with van der Waals surface area (Å²) >= 11 is 0. The molecule has 0 fully saturated rings. The Morgan fingerprint density at radius 3 is 2.95 bits per heavy atom. The molecule has 0 amide bonds. The average molecular weight is 297 g/mol. The van der Waals surface area contributed by atoms with Crippen LogP contribution in [0.15, 0.2) is 18.3 Å². The van der Waals surface area contributed by atoms with Gasteiger partial charge in [0.25, 0.3) is 0 Å². The Labute approximate surface area is 117 Å². The SMILES string of the molecule is CCOC(=O)CS(=O)(=O)Nc1cc(C#CCN)ccn1. The molecule has 0 aliphatic rings. The summed E-state index contributed by atoms with van der Waals surface area (Å²) in [6.07, 6.45) is 1.41. The molecule has 1 heterocycles. The van der Waals surface area contributed by atoms with Crippen molar-refractivity contribution >= 4 is 21.8 Å². The number of anilines is 1. The number of carbonyl (C=O) groups excluding carboxylic acids is 1.